The molecule has 0 aliphatic carbocycles. The van der Waals surface area contributed by atoms with E-state index in [0.717, 1.165) is 11.1 Å². The maximum atomic E-state index is 11.2. The molecule has 1 N–H and O–H groups in total. The predicted octanol–water partition coefficient (Wildman–Crippen LogP) is 3.32. The number of hydrogen-bond acceptors (Lipinski definition) is 3. The van der Waals surface area contributed by atoms with Gasteiger partial charge in [-0.15, -0.1) is 0 Å². The number of phenols is 1. The second-order valence-corrected chi connectivity index (χ2v) is 4.87. The van der Waals surface area contributed by atoms with E-state index < -0.39 is 5.97 Å². The van der Waals surface area contributed by atoms with Gasteiger partial charge in [0.05, 0.1) is 10.9 Å². The Kier molecular flexibility index (Phi) is 3.36. The molecule has 0 aliphatic rings. The summed E-state index contributed by atoms with van der Waals surface area (Å²) in [6.07, 6.45) is 1.75. The lowest BCUT2D eigenvalue weighted by molar-refractivity contribution is -0.131. The van der Waals surface area contributed by atoms with Crippen molar-refractivity contribution in [3.63, 3.8) is 0 Å². The highest BCUT2D eigenvalue weighted by Gasteiger charge is 2.14. The van der Waals surface area contributed by atoms with E-state index in [0.29, 0.717) is 17.7 Å². The molecule has 3 aromatic rings. The monoisotopic (exact) mass is 281 g/mol. The molecule has 1 heterocycles. The summed E-state index contributed by atoms with van der Waals surface area (Å²) in [4.78, 5) is 11.2. The molecular formula is C17H15NO3. The fraction of sp³-hybridized carbons (Fsp3) is 0.118. The van der Waals surface area contributed by atoms with Gasteiger partial charge in [-0.25, -0.2) is 0 Å². The first-order valence-electron chi connectivity index (χ1n) is 6.68. The number of phenolic OH excluding ortho intramolecular Hbond substituents is 1. The van der Waals surface area contributed by atoms with Gasteiger partial charge in [0, 0.05) is 19.7 Å². The van der Waals surface area contributed by atoms with Gasteiger partial charge in [-0.3, -0.25) is 4.79 Å². The quantitative estimate of drug-likeness (QED) is 0.749. The molecule has 0 spiro atoms. The van der Waals surface area contributed by atoms with E-state index in [1.54, 1.807) is 18.3 Å². The minimum absolute atomic E-state index is 0.107. The van der Waals surface area contributed by atoms with E-state index in [1.807, 2.05) is 41.0 Å². The van der Waals surface area contributed by atoms with Crippen LogP contribution in [-0.4, -0.2) is 15.6 Å². The van der Waals surface area contributed by atoms with Crippen LogP contribution in [0, 0.1) is 0 Å². The molecule has 0 atom stereocenters. The van der Waals surface area contributed by atoms with Crippen LogP contribution in [-0.2, 0) is 11.3 Å². The van der Waals surface area contributed by atoms with Crippen molar-refractivity contribution in [3.8, 4) is 11.5 Å². The zero-order valence-corrected chi connectivity index (χ0v) is 11.6. The molecule has 4 nitrogen and oxygen atoms in total. The highest BCUT2D eigenvalue weighted by molar-refractivity contribution is 5.94. The average Bonchev–Trinajstić information content (AvgIpc) is 2.78. The van der Waals surface area contributed by atoms with Crippen molar-refractivity contribution in [2.45, 2.75) is 13.5 Å². The molecular weight excluding hydrogens is 266 g/mol. The second-order valence-electron chi connectivity index (χ2n) is 4.87. The first kappa shape index (κ1) is 13.2. The number of nitrogens with zero attached hydrogens (tertiary/aromatic N) is 1. The number of ether oxygens (including phenoxy) is 1. The lowest BCUT2D eigenvalue weighted by Crippen LogP contribution is -2.01. The zero-order valence-electron chi connectivity index (χ0n) is 11.6. The number of aromatic hydroxyl groups is 1. The number of esters is 1. The van der Waals surface area contributed by atoms with Crippen LogP contribution in [0.2, 0.25) is 0 Å². The Morgan fingerprint density at radius 3 is 2.62 bits per heavy atom. The number of carbonyl (C=O) groups excluding carboxylic acids is 1. The number of fused-ring (bicyclic) bond motifs is 1. The molecule has 0 saturated heterocycles. The van der Waals surface area contributed by atoms with Crippen LogP contribution in [0.15, 0.2) is 54.7 Å². The highest BCUT2D eigenvalue weighted by Crippen LogP contribution is 2.35. The topological polar surface area (TPSA) is 51.5 Å². The fourth-order valence-electron chi connectivity index (χ4n) is 2.44. The SMILES string of the molecule is CC(=O)Oc1cn(Cc2ccccc2)c2cccc(O)c12. The van der Waals surface area contributed by atoms with Crippen molar-refractivity contribution < 1.29 is 14.6 Å². The van der Waals surface area contributed by atoms with E-state index >= 15 is 0 Å². The summed E-state index contributed by atoms with van der Waals surface area (Å²) in [7, 11) is 0. The maximum absolute atomic E-state index is 11.2. The van der Waals surface area contributed by atoms with Crippen LogP contribution in [0.5, 0.6) is 11.5 Å². The molecule has 21 heavy (non-hydrogen) atoms. The van der Waals surface area contributed by atoms with Crippen molar-refractivity contribution in [1.82, 2.24) is 4.57 Å². The summed E-state index contributed by atoms with van der Waals surface area (Å²) in [5, 5.41) is 10.6. The summed E-state index contributed by atoms with van der Waals surface area (Å²) in [5.74, 6) is 0.0825. The summed E-state index contributed by atoms with van der Waals surface area (Å²) in [5.41, 5.74) is 1.96. The molecule has 0 unspecified atom stereocenters. The first-order chi connectivity index (χ1) is 10.1. The van der Waals surface area contributed by atoms with Gasteiger partial charge in [-0.1, -0.05) is 36.4 Å². The third kappa shape index (κ3) is 2.60. The Bertz CT molecular complexity index is 790. The van der Waals surface area contributed by atoms with Gasteiger partial charge in [-0.2, -0.15) is 0 Å². The summed E-state index contributed by atoms with van der Waals surface area (Å²) < 4.78 is 7.17. The molecule has 0 amide bonds. The van der Waals surface area contributed by atoms with Gasteiger partial charge in [0.25, 0.3) is 0 Å². The molecule has 4 heteroatoms. The van der Waals surface area contributed by atoms with Gasteiger partial charge in [0.15, 0.2) is 5.75 Å². The predicted molar refractivity (Wildman–Crippen MR) is 80.5 cm³/mol. The Balaban J connectivity index is 2.10. The third-order valence-electron chi connectivity index (χ3n) is 3.30. The Labute approximate surface area is 122 Å². The van der Waals surface area contributed by atoms with Gasteiger partial charge >= 0.3 is 5.97 Å². The van der Waals surface area contributed by atoms with Crippen molar-refractivity contribution in [3.05, 3.63) is 60.3 Å². The fourth-order valence-corrected chi connectivity index (χ4v) is 2.44. The molecule has 0 aliphatic heterocycles. The number of carbonyl (C=O) groups is 1. The number of benzene rings is 2. The van der Waals surface area contributed by atoms with E-state index in [9.17, 15) is 9.90 Å². The molecule has 0 radical (unpaired) electrons. The third-order valence-corrected chi connectivity index (χ3v) is 3.30. The minimum atomic E-state index is -0.406. The van der Waals surface area contributed by atoms with Gasteiger partial charge in [0.2, 0.25) is 0 Å². The molecule has 0 fully saturated rings. The smallest absolute Gasteiger partial charge is 0.308 e. The Hall–Kier alpha value is -2.75. The van der Waals surface area contributed by atoms with Crippen LogP contribution in [0.1, 0.15) is 12.5 Å². The van der Waals surface area contributed by atoms with Gasteiger partial charge < -0.3 is 14.4 Å². The van der Waals surface area contributed by atoms with Crippen LogP contribution >= 0.6 is 0 Å². The summed E-state index contributed by atoms with van der Waals surface area (Å²) >= 11 is 0. The highest BCUT2D eigenvalue weighted by atomic mass is 16.5. The minimum Gasteiger partial charge on any atom is -0.507 e. The van der Waals surface area contributed by atoms with E-state index in [4.69, 9.17) is 4.74 Å². The molecule has 3 rings (SSSR count). The number of rotatable bonds is 3. The van der Waals surface area contributed by atoms with Crippen LogP contribution in [0.4, 0.5) is 0 Å². The zero-order chi connectivity index (χ0) is 14.8. The van der Waals surface area contributed by atoms with Crippen molar-refractivity contribution in [2.75, 3.05) is 0 Å². The lowest BCUT2D eigenvalue weighted by Gasteiger charge is -2.05. The van der Waals surface area contributed by atoms with Crippen LogP contribution in [0.25, 0.3) is 10.9 Å². The Morgan fingerprint density at radius 1 is 1.14 bits per heavy atom. The molecule has 2 aromatic carbocycles. The van der Waals surface area contributed by atoms with E-state index in [1.165, 1.54) is 6.92 Å². The average molecular weight is 281 g/mol. The summed E-state index contributed by atoms with van der Waals surface area (Å²) in [6, 6.07) is 15.2. The number of aromatic nitrogens is 1. The van der Waals surface area contributed by atoms with Crippen molar-refractivity contribution in [2.24, 2.45) is 0 Å². The van der Waals surface area contributed by atoms with Crippen molar-refractivity contribution in [1.29, 1.82) is 0 Å². The normalized spacial score (nSPS) is 10.7. The first-order valence-corrected chi connectivity index (χ1v) is 6.68. The second kappa shape index (κ2) is 5.32. The number of hydrogen-bond donors (Lipinski definition) is 1. The maximum Gasteiger partial charge on any atom is 0.308 e. The van der Waals surface area contributed by atoms with Crippen molar-refractivity contribution >= 4 is 16.9 Å². The summed E-state index contributed by atoms with van der Waals surface area (Å²) in [6.45, 7) is 1.99. The lowest BCUT2D eigenvalue weighted by atomic mass is 10.2. The molecule has 0 saturated carbocycles. The Morgan fingerprint density at radius 2 is 1.90 bits per heavy atom. The van der Waals surface area contributed by atoms with Crippen LogP contribution in [0.3, 0.4) is 0 Å². The molecule has 1 aromatic heterocycles. The van der Waals surface area contributed by atoms with Gasteiger partial charge in [0.1, 0.15) is 5.75 Å². The van der Waals surface area contributed by atoms with E-state index in [2.05, 4.69) is 0 Å². The molecule has 0 bridgehead atoms. The largest absolute Gasteiger partial charge is 0.507 e. The standard InChI is InChI=1S/C17H15NO3/c1-12(19)21-16-11-18(10-13-6-3-2-4-7-13)14-8-5-9-15(20)17(14)16/h2-9,11,20H,10H2,1H3. The van der Waals surface area contributed by atoms with E-state index in [-0.39, 0.29) is 5.75 Å². The molecule has 106 valence electrons. The van der Waals surface area contributed by atoms with Gasteiger partial charge in [-0.05, 0) is 17.7 Å². The van der Waals surface area contributed by atoms with Crippen LogP contribution < -0.4 is 4.74 Å².